The second-order valence-electron chi connectivity index (χ2n) is 5.54. The SMILES string of the molecule is CC(C)(O)C#C[C@](O)(c1ccc(Cl)cc1)c1cccc(Cl)c1. The van der Waals surface area contributed by atoms with E-state index in [1.807, 2.05) is 0 Å². The Labute approximate surface area is 140 Å². The van der Waals surface area contributed by atoms with Crippen LogP contribution in [-0.2, 0) is 5.60 Å². The summed E-state index contributed by atoms with van der Waals surface area (Å²) in [6, 6.07) is 13.6. The summed E-state index contributed by atoms with van der Waals surface area (Å²) < 4.78 is 0. The lowest BCUT2D eigenvalue weighted by atomic mass is 9.86. The van der Waals surface area contributed by atoms with Gasteiger partial charge in [-0.15, -0.1) is 0 Å². The van der Waals surface area contributed by atoms with Crippen LogP contribution in [0.15, 0.2) is 48.5 Å². The maximum atomic E-state index is 11.1. The molecule has 2 rings (SSSR count). The first-order valence-corrected chi connectivity index (χ1v) is 7.47. The highest BCUT2D eigenvalue weighted by Crippen LogP contribution is 2.31. The van der Waals surface area contributed by atoms with Gasteiger partial charge in [-0.1, -0.05) is 59.3 Å². The fourth-order valence-corrected chi connectivity index (χ4v) is 2.28. The molecule has 0 heterocycles. The predicted octanol–water partition coefficient (Wildman–Crippen LogP) is 4.00. The van der Waals surface area contributed by atoms with Crippen molar-refractivity contribution in [3.05, 3.63) is 69.7 Å². The van der Waals surface area contributed by atoms with Gasteiger partial charge in [-0.3, -0.25) is 0 Å². The maximum absolute atomic E-state index is 11.1. The molecule has 0 aromatic heterocycles. The summed E-state index contributed by atoms with van der Waals surface area (Å²) in [6.45, 7) is 3.11. The summed E-state index contributed by atoms with van der Waals surface area (Å²) in [5.41, 5.74) is -1.73. The Kier molecular flexibility index (Phi) is 4.84. The van der Waals surface area contributed by atoms with E-state index in [2.05, 4.69) is 11.8 Å². The molecular weight excluding hydrogens is 319 g/mol. The number of aliphatic hydroxyl groups is 2. The van der Waals surface area contributed by atoms with Gasteiger partial charge >= 0.3 is 0 Å². The second-order valence-corrected chi connectivity index (χ2v) is 6.41. The van der Waals surface area contributed by atoms with E-state index < -0.39 is 11.2 Å². The highest BCUT2D eigenvalue weighted by Gasteiger charge is 2.30. The molecule has 2 aromatic rings. The van der Waals surface area contributed by atoms with Gasteiger partial charge in [-0.25, -0.2) is 0 Å². The van der Waals surface area contributed by atoms with Crippen LogP contribution in [0.5, 0.6) is 0 Å². The van der Waals surface area contributed by atoms with E-state index in [-0.39, 0.29) is 0 Å². The minimum atomic E-state index is -1.59. The molecule has 0 unspecified atom stereocenters. The fraction of sp³-hybridized carbons (Fsp3) is 0.222. The number of rotatable bonds is 2. The van der Waals surface area contributed by atoms with Gasteiger partial charge < -0.3 is 10.2 Å². The highest BCUT2D eigenvalue weighted by atomic mass is 35.5. The van der Waals surface area contributed by atoms with Gasteiger partial charge in [0.1, 0.15) is 5.60 Å². The number of hydrogen-bond acceptors (Lipinski definition) is 2. The van der Waals surface area contributed by atoms with Gasteiger partial charge in [-0.2, -0.15) is 0 Å². The van der Waals surface area contributed by atoms with Crippen molar-refractivity contribution in [1.29, 1.82) is 0 Å². The monoisotopic (exact) mass is 334 g/mol. The van der Waals surface area contributed by atoms with Crippen LogP contribution < -0.4 is 0 Å². The lowest BCUT2D eigenvalue weighted by Gasteiger charge is -2.24. The van der Waals surface area contributed by atoms with Gasteiger partial charge in [-0.05, 0) is 38.1 Å². The van der Waals surface area contributed by atoms with E-state index in [0.29, 0.717) is 21.2 Å². The summed E-state index contributed by atoms with van der Waals surface area (Å²) >= 11 is 11.9. The largest absolute Gasteiger partial charge is 0.378 e. The Balaban J connectivity index is 2.62. The quantitative estimate of drug-likeness (QED) is 0.815. The van der Waals surface area contributed by atoms with Crippen molar-refractivity contribution in [3.63, 3.8) is 0 Å². The van der Waals surface area contributed by atoms with Crippen molar-refractivity contribution in [2.75, 3.05) is 0 Å². The second kappa shape index (κ2) is 6.32. The summed E-state index contributed by atoms with van der Waals surface area (Å²) in [5, 5.41) is 22.0. The van der Waals surface area contributed by atoms with Crippen molar-refractivity contribution < 1.29 is 10.2 Å². The van der Waals surface area contributed by atoms with Crippen LogP contribution in [0.3, 0.4) is 0 Å². The first-order valence-electron chi connectivity index (χ1n) is 6.72. The Morgan fingerprint density at radius 1 is 0.818 bits per heavy atom. The zero-order valence-electron chi connectivity index (χ0n) is 12.3. The molecule has 0 amide bonds. The lowest BCUT2D eigenvalue weighted by molar-refractivity contribution is 0.132. The molecule has 0 spiro atoms. The van der Waals surface area contributed by atoms with Gasteiger partial charge in [0.2, 0.25) is 0 Å². The number of benzene rings is 2. The summed E-state index contributed by atoms with van der Waals surface area (Å²) in [5.74, 6) is 5.44. The van der Waals surface area contributed by atoms with Gasteiger partial charge in [0.25, 0.3) is 0 Å². The Bertz CT molecular complexity index is 721. The van der Waals surface area contributed by atoms with Crippen LogP contribution in [0.1, 0.15) is 25.0 Å². The third kappa shape index (κ3) is 4.03. The van der Waals surface area contributed by atoms with Crippen LogP contribution >= 0.6 is 23.2 Å². The third-order valence-electron chi connectivity index (χ3n) is 3.05. The number of halogens is 2. The molecule has 2 nitrogen and oxygen atoms in total. The van der Waals surface area contributed by atoms with Gasteiger partial charge in [0, 0.05) is 21.2 Å². The van der Waals surface area contributed by atoms with Crippen molar-refractivity contribution >= 4 is 23.2 Å². The minimum Gasteiger partial charge on any atom is -0.378 e. The van der Waals surface area contributed by atoms with Crippen LogP contribution in [-0.4, -0.2) is 15.8 Å². The normalized spacial score (nSPS) is 13.9. The van der Waals surface area contributed by atoms with Crippen LogP contribution in [0, 0.1) is 11.8 Å². The lowest BCUT2D eigenvalue weighted by Crippen LogP contribution is -2.27. The van der Waals surface area contributed by atoms with Gasteiger partial charge in [0.05, 0.1) is 0 Å². The van der Waals surface area contributed by atoms with E-state index in [4.69, 9.17) is 23.2 Å². The Morgan fingerprint density at radius 2 is 1.45 bits per heavy atom. The standard InChI is InChI=1S/C18H16Cl2O2/c1-17(2,21)10-11-18(22,13-6-8-15(19)9-7-13)14-4-3-5-16(20)12-14/h3-9,12,21-22H,1-2H3/t18-/m0/s1. The molecule has 0 bridgehead atoms. The van der Waals surface area contributed by atoms with Gasteiger partial charge in [0.15, 0.2) is 5.60 Å². The third-order valence-corrected chi connectivity index (χ3v) is 3.54. The van der Waals surface area contributed by atoms with E-state index >= 15 is 0 Å². The summed E-state index contributed by atoms with van der Waals surface area (Å²) in [7, 11) is 0. The molecule has 0 saturated heterocycles. The van der Waals surface area contributed by atoms with Crippen molar-refractivity contribution in [3.8, 4) is 11.8 Å². The van der Waals surface area contributed by atoms with E-state index in [1.54, 1.807) is 62.4 Å². The van der Waals surface area contributed by atoms with E-state index in [1.165, 1.54) is 0 Å². The zero-order chi connectivity index (χ0) is 16.4. The summed E-state index contributed by atoms with van der Waals surface area (Å²) in [6.07, 6.45) is 0. The topological polar surface area (TPSA) is 40.5 Å². The van der Waals surface area contributed by atoms with Crippen LogP contribution in [0.4, 0.5) is 0 Å². The van der Waals surface area contributed by atoms with E-state index in [0.717, 1.165) is 0 Å². The molecule has 0 radical (unpaired) electrons. The zero-order valence-corrected chi connectivity index (χ0v) is 13.8. The summed E-state index contributed by atoms with van der Waals surface area (Å²) in [4.78, 5) is 0. The molecule has 2 aromatic carbocycles. The molecule has 1 atom stereocenters. The molecule has 0 aliphatic heterocycles. The Hall–Kier alpha value is -1.50. The molecule has 2 N–H and O–H groups in total. The van der Waals surface area contributed by atoms with Crippen molar-refractivity contribution in [2.24, 2.45) is 0 Å². The predicted molar refractivity (Wildman–Crippen MR) is 90.0 cm³/mol. The van der Waals surface area contributed by atoms with Crippen LogP contribution in [0.2, 0.25) is 10.0 Å². The smallest absolute Gasteiger partial charge is 0.177 e. The molecule has 0 aliphatic rings. The minimum absolute atomic E-state index is 0.495. The average molecular weight is 335 g/mol. The molecule has 0 saturated carbocycles. The average Bonchev–Trinajstić information content (AvgIpc) is 2.45. The molecular formula is C18H16Cl2O2. The van der Waals surface area contributed by atoms with Crippen molar-refractivity contribution in [2.45, 2.75) is 25.0 Å². The maximum Gasteiger partial charge on any atom is 0.177 e. The molecule has 0 aliphatic carbocycles. The fourth-order valence-electron chi connectivity index (χ4n) is 1.96. The molecule has 114 valence electrons. The van der Waals surface area contributed by atoms with Crippen LogP contribution in [0.25, 0.3) is 0 Å². The number of hydrogen-bond donors (Lipinski definition) is 2. The highest BCUT2D eigenvalue weighted by molar-refractivity contribution is 6.30. The van der Waals surface area contributed by atoms with Crippen molar-refractivity contribution in [1.82, 2.24) is 0 Å². The first kappa shape index (κ1) is 16.9. The van der Waals surface area contributed by atoms with E-state index in [9.17, 15) is 10.2 Å². The molecule has 22 heavy (non-hydrogen) atoms. The molecule has 0 fully saturated rings. The first-order chi connectivity index (χ1) is 10.2. The Morgan fingerprint density at radius 3 is 2.00 bits per heavy atom. The molecule has 4 heteroatoms.